The molecule has 0 bridgehead atoms. The molecular weight excluding hydrogens is 1000 g/mol. The fourth-order valence-electron chi connectivity index (χ4n) is 9.27. The van der Waals surface area contributed by atoms with Crippen LogP contribution in [0, 0.1) is 0 Å². The summed E-state index contributed by atoms with van der Waals surface area (Å²) in [6, 6.07) is 19.5. The molecule has 0 N–H and O–H groups in total. The average Bonchev–Trinajstić information content (AvgIpc) is 4.13. The van der Waals surface area contributed by atoms with Gasteiger partial charge in [-0.1, -0.05) is 113 Å². The summed E-state index contributed by atoms with van der Waals surface area (Å²) in [5, 5.41) is 0. The van der Waals surface area contributed by atoms with Gasteiger partial charge in [0, 0.05) is 22.3 Å². The zero-order valence-corrected chi connectivity index (χ0v) is 46.3. The number of hydrogen-bond acceptors (Lipinski definition) is 16. The Hall–Kier alpha value is -7.36. The molecule has 0 unspecified atom stereocenters. The van der Waals surface area contributed by atoms with Gasteiger partial charge in [0.15, 0.2) is 26.4 Å². The summed E-state index contributed by atoms with van der Waals surface area (Å²) in [4.78, 5) is 92.1. The second-order valence-electron chi connectivity index (χ2n) is 20.1. The highest BCUT2D eigenvalue weighted by atomic mass is 16.6. The van der Waals surface area contributed by atoms with Crippen LogP contribution in [0.1, 0.15) is 154 Å². The van der Waals surface area contributed by atoms with E-state index in [0.29, 0.717) is 0 Å². The Balaban J connectivity index is 0.000000275. The van der Waals surface area contributed by atoms with Gasteiger partial charge >= 0.3 is 47.8 Å². The third kappa shape index (κ3) is 21.6. The van der Waals surface area contributed by atoms with Gasteiger partial charge in [0.2, 0.25) is 0 Å². The first-order valence-electron chi connectivity index (χ1n) is 26.6. The van der Waals surface area contributed by atoms with Crippen molar-refractivity contribution in [1.82, 2.24) is 0 Å². The van der Waals surface area contributed by atoms with E-state index in [0.717, 1.165) is 127 Å². The summed E-state index contributed by atoms with van der Waals surface area (Å²) < 4.78 is 41.3. The van der Waals surface area contributed by atoms with Gasteiger partial charge in [0.25, 0.3) is 0 Å². The molecule has 4 aliphatic carbocycles. The van der Waals surface area contributed by atoms with Crippen molar-refractivity contribution in [1.29, 1.82) is 0 Å². The van der Waals surface area contributed by atoms with Crippen molar-refractivity contribution in [2.75, 3.05) is 26.4 Å². The Labute approximate surface area is 460 Å². The standard InChI is InChI=1S/C18H22O4.C17H20O4.C14H20O4.C13H18O4/c1-14(2)17(20)21-13-16(19)22-18(11-7-4-8-12-18)15-9-5-3-6-10-15;1-13(2)16(19)20-12-15(18)21-17(10-6-7-11-17)14-8-4-3-5-9-14;1-4-14(8-6-5-7-9-14)18-12(15)10-17-13(16)11(2)3;1-4-13(7-5-6-8-13)17-11(14)9-16-12(15)10(2)3/h3,5-6,9-10H,1,4,7-8,11-13H2,2H3;3-5,8-9H,1,6-7,10-12H2,2H3;4H,1-2,5-10H2,3H3;4H,1-2,5-9H2,3H3. The molecule has 4 fully saturated rings. The Morgan fingerprint density at radius 3 is 0.859 bits per heavy atom. The van der Waals surface area contributed by atoms with Crippen LogP contribution in [0.15, 0.2) is 135 Å². The maximum absolute atomic E-state index is 12.1. The molecule has 0 aliphatic heterocycles. The van der Waals surface area contributed by atoms with E-state index >= 15 is 0 Å². The van der Waals surface area contributed by atoms with Gasteiger partial charge in [0.05, 0.1) is 0 Å². The van der Waals surface area contributed by atoms with E-state index in [1.165, 1.54) is 20.8 Å². The van der Waals surface area contributed by atoms with Crippen molar-refractivity contribution in [3.8, 4) is 0 Å². The Kier molecular flexibility index (Phi) is 27.0. The highest BCUT2D eigenvalue weighted by Gasteiger charge is 2.41. The van der Waals surface area contributed by atoms with E-state index in [1.807, 2.05) is 60.7 Å². The molecule has 0 radical (unpaired) electrons. The molecule has 4 aliphatic rings. The summed E-state index contributed by atoms with van der Waals surface area (Å²) >= 11 is 0. The van der Waals surface area contributed by atoms with E-state index in [2.05, 4.69) is 39.5 Å². The molecule has 0 atom stereocenters. The smallest absolute Gasteiger partial charge is 0.345 e. The van der Waals surface area contributed by atoms with Crippen LogP contribution in [0.3, 0.4) is 0 Å². The van der Waals surface area contributed by atoms with Gasteiger partial charge in [-0.15, -0.1) is 0 Å². The Morgan fingerprint density at radius 2 is 0.603 bits per heavy atom. The van der Waals surface area contributed by atoms with E-state index < -0.39 is 70.2 Å². The van der Waals surface area contributed by atoms with Crippen LogP contribution < -0.4 is 0 Å². The molecule has 0 aromatic heterocycles. The fourth-order valence-corrected chi connectivity index (χ4v) is 9.27. The number of rotatable bonds is 20. The zero-order chi connectivity index (χ0) is 57.8. The molecule has 16 nitrogen and oxygen atoms in total. The normalized spacial score (nSPS) is 16.9. The van der Waals surface area contributed by atoms with Crippen molar-refractivity contribution < 1.29 is 76.3 Å². The fraction of sp³-hybridized carbons (Fsp3) is 0.484. The summed E-state index contributed by atoms with van der Waals surface area (Å²) in [5.74, 6) is -4.42. The van der Waals surface area contributed by atoms with E-state index in [-0.39, 0.29) is 48.7 Å². The number of benzene rings is 2. The van der Waals surface area contributed by atoms with Crippen LogP contribution in [-0.4, -0.2) is 85.4 Å². The van der Waals surface area contributed by atoms with E-state index in [9.17, 15) is 38.4 Å². The molecule has 0 saturated heterocycles. The van der Waals surface area contributed by atoms with Gasteiger partial charge in [-0.3, -0.25) is 0 Å². The molecule has 0 heterocycles. The third-order valence-corrected chi connectivity index (χ3v) is 13.5. The molecule has 424 valence electrons. The van der Waals surface area contributed by atoms with Crippen LogP contribution in [0.4, 0.5) is 0 Å². The molecule has 6 rings (SSSR count). The predicted octanol–water partition coefficient (Wildman–Crippen LogP) is 11.3. The summed E-state index contributed by atoms with van der Waals surface area (Å²) in [6.07, 6.45) is 20.2. The topological polar surface area (TPSA) is 210 Å². The van der Waals surface area contributed by atoms with Gasteiger partial charge in [-0.2, -0.15) is 0 Å². The lowest BCUT2D eigenvalue weighted by Gasteiger charge is -2.37. The number of carbonyl (C=O) groups excluding carboxylic acids is 8. The van der Waals surface area contributed by atoms with Crippen LogP contribution in [0.2, 0.25) is 0 Å². The van der Waals surface area contributed by atoms with Crippen molar-refractivity contribution in [3.05, 3.63) is 146 Å². The van der Waals surface area contributed by atoms with Crippen molar-refractivity contribution in [3.63, 3.8) is 0 Å². The van der Waals surface area contributed by atoms with Crippen LogP contribution >= 0.6 is 0 Å². The number of carbonyl (C=O) groups is 8. The highest BCUT2D eigenvalue weighted by molar-refractivity contribution is 5.90. The Morgan fingerprint density at radius 1 is 0.372 bits per heavy atom. The van der Waals surface area contributed by atoms with Crippen molar-refractivity contribution in [2.24, 2.45) is 0 Å². The molecule has 4 saturated carbocycles. The minimum absolute atomic E-state index is 0.261. The largest absolute Gasteiger partial charge is 0.452 e. The minimum Gasteiger partial charge on any atom is -0.452 e. The van der Waals surface area contributed by atoms with Gasteiger partial charge in [-0.25, -0.2) is 38.4 Å². The highest BCUT2D eigenvalue weighted by Crippen LogP contribution is 2.43. The van der Waals surface area contributed by atoms with Gasteiger partial charge < -0.3 is 37.9 Å². The number of esters is 8. The third-order valence-electron chi connectivity index (χ3n) is 13.5. The monoisotopic (exact) mass is 1080 g/mol. The zero-order valence-electron chi connectivity index (χ0n) is 46.3. The first-order valence-corrected chi connectivity index (χ1v) is 26.6. The van der Waals surface area contributed by atoms with Crippen LogP contribution in [-0.2, 0) is 87.5 Å². The SMILES string of the molecule is C=C(C)C(=O)OCC(=O)OC1(c2ccccc2)CCCC1.C=C(C)C(=O)OCC(=O)OC1(c2ccccc2)CCCCC1.C=CC1(OC(=O)COC(=O)C(=C)C)CCCC1.C=CC1(OC(=O)COC(=O)C(=C)C)CCCCC1. The molecular formula is C62H80O16. The first kappa shape index (κ1) is 64.9. The van der Waals surface area contributed by atoms with Crippen molar-refractivity contribution in [2.45, 2.75) is 166 Å². The predicted molar refractivity (Wildman–Crippen MR) is 293 cm³/mol. The molecule has 78 heavy (non-hydrogen) atoms. The summed E-state index contributed by atoms with van der Waals surface area (Å²) in [5.41, 5.74) is 0.759. The molecule has 0 spiro atoms. The summed E-state index contributed by atoms with van der Waals surface area (Å²) in [6.45, 7) is 25.9. The van der Waals surface area contributed by atoms with Crippen molar-refractivity contribution >= 4 is 47.8 Å². The van der Waals surface area contributed by atoms with Gasteiger partial charge in [0.1, 0.15) is 22.4 Å². The van der Waals surface area contributed by atoms with Crippen LogP contribution in [0.5, 0.6) is 0 Å². The minimum atomic E-state index is -0.591. The second-order valence-corrected chi connectivity index (χ2v) is 20.1. The lowest BCUT2D eigenvalue weighted by molar-refractivity contribution is -0.173. The number of hydrogen-bond donors (Lipinski definition) is 0. The lowest BCUT2D eigenvalue weighted by Crippen LogP contribution is -2.36. The second kappa shape index (κ2) is 32.4. The molecule has 2 aromatic carbocycles. The molecule has 0 amide bonds. The van der Waals surface area contributed by atoms with Crippen LogP contribution in [0.25, 0.3) is 0 Å². The molecule has 16 heteroatoms. The lowest BCUT2D eigenvalue weighted by atomic mass is 9.79. The van der Waals surface area contributed by atoms with E-state index in [4.69, 9.17) is 37.9 Å². The molecule has 2 aromatic rings. The van der Waals surface area contributed by atoms with E-state index in [1.54, 1.807) is 19.1 Å². The summed E-state index contributed by atoms with van der Waals surface area (Å²) in [7, 11) is 0. The maximum atomic E-state index is 12.1. The maximum Gasteiger partial charge on any atom is 0.345 e. The average molecular weight is 1080 g/mol. The Bertz CT molecular complexity index is 2430. The van der Waals surface area contributed by atoms with Gasteiger partial charge in [-0.05, 0) is 154 Å². The number of ether oxygens (including phenoxy) is 8. The quantitative estimate of drug-likeness (QED) is 0.0522. The first-order chi connectivity index (χ1) is 37.0.